The molecular formula is C17H18O5. The molecule has 0 spiro atoms. The molecule has 5 heteroatoms. The van der Waals surface area contributed by atoms with Gasteiger partial charge in [0.2, 0.25) is 0 Å². The van der Waals surface area contributed by atoms with Crippen LogP contribution in [0.4, 0.5) is 0 Å². The molecule has 22 heavy (non-hydrogen) atoms. The zero-order valence-corrected chi connectivity index (χ0v) is 12.8. The highest BCUT2D eigenvalue weighted by molar-refractivity contribution is 5.92. The maximum absolute atomic E-state index is 12.0. The predicted octanol–water partition coefficient (Wildman–Crippen LogP) is 3.14. The smallest absolute Gasteiger partial charge is 0.341 e. The van der Waals surface area contributed by atoms with Gasteiger partial charge in [0, 0.05) is 12.0 Å². The van der Waals surface area contributed by atoms with Crippen molar-refractivity contribution in [1.29, 1.82) is 0 Å². The van der Waals surface area contributed by atoms with Gasteiger partial charge in [-0.3, -0.25) is 0 Å². The van der Waals surface area contributed by atoms with Crippen LogP contribution in [0.3, 0.4) is 0 Å². The lowest BCUT2D eigenvalue weighted by molar-refractivity contribution is 0.0522. The fourth-order valence-corrected chi connectivity index (χ4v) is 2.21. The van der Waals surface area contributed by atoms with Crippen molar-refractivity contribution in [2.45, 2.75) is 20.3 Å². The lowest BCUT2D eigenvalue weighted by Crippen LogP contribution is -2.08. The number of carbonyl (C=O) groups excluding carboxylic acids is 2. The molecule has 0 saturated carbocycles. The van der Waals surface area contributed by atoms with Crippen molar-refractivity contribution in [1.82, 2.24) is 0 Å². The van der Waals surface area contributed by atoms with Crippen LogP contribution in [-0.4, -0.2) is 25.7 Å². The van der Waals surface area contributed by atoms with Gasteiger partial charge in [0.25, 0.3) is 0 Å². The molecule has 0 N–H and O–H groups in total. The third-order valence-electron chi connectivity index (χ3n) is 3.30. The number of rotatable bonds is 5. The first-order chi connectivity index (χ1) is 10.6. The lowest BCUT2D eigenvalue weighted by Gasteiger charge is -2.05. The zero-order valence-electron chi connectivity index (χ0n) is 12.8. The third-order valence-corrected chi connectivity index (χ3v) is 3.30. The molecule has 0 aliphatic heterocycles. The van der Waals surface area contributed by atoms with Crippen molar-refractivity contribution in [2.24, 2.45) is 0 Å². The van der Waals surface area contributed by atoms with Crippen LogP contribution in [0.1, 0.15) is 44.5 Å². The number of furan rings is 1. The van der Waals surface area contributed by atoms with E-state index in [-0.39, 0.29) is 11.9 Å². The Morgan fingerprint density at radius 3 is 2.41 bits per heavy atom. The van der Waals surface area contributed by atoms with E-state index in [1.165, 1.54) is 7.11 Å². The van der Waals surface area contributed by atoms with Crippen LogP contribution in [0.2, 0.25) is 0 Å². The fraction of sp³-hybridized carbons (Fsp3) is 0.294. The molecule has 0 bridgehead atoms. The van der Waals surface area contributed by atoms with Crippen LogP contribution in [-0.2, 0) is 15.9 Å². The van der Waals surface area contributed by atoms with E-state index >= 15 is 0 Å². The van der Waals surface area contributed by atoms with E-state index in [1.807, 2.05) is 12.1 Å². The van der Waals surface area contributed by atoms with Gasteiger partial charge in [-0.05, 0) is 31.5 Å². The first-order valence-electron chi connectivity index (χ1n) is 6.98. The summed E-state index contributed by atoms with van der Waals surface area (Å²) in [6, 6.07) is 7.03. The van der Waals surface area contributed by atoms with Crippen molar-refractivity contribution in [3.63, 3.8) is 0 Å². The van der Waals surface area contributed by atoms with Gasteiger partial charge in [-0.15, -0.1) is 0 Å². The normalized spacial score (nSPS) is 10.3. The number of hydrogen-bond acceptors (Lipinski definition) is 5. The maximum atomic E-state index is 12.0. The Hall–Kier alpha value is -2.56. The maximum Gasteiger partial charge on any atom is 0.341 e. The largest absolute Gasteiger partial charge is 0.468 e. The Morgan fingerprint density at radius 1 is 1.14 bits per heavy atom. The Morgan fingerprint density at radius 2 is 1.82 bits per heavy atom. The van der Waals surface area contributed by atoms with Gasteiger partial charge in [0.05, 0.1) is 25.5 Å². The minimum Gasteiger partial charge on any atom is -0.468 e. The van der Waals surface area contributed by atoms with E-state index in [4.69, 9.17) is 9.15 Å². The molecular weight excluding hydrogens is 284 g/mol. The standard InChI is InChI=1S/C17H18O5/c1-4-21-17(19)15-11(2)22-10-14(15)9-12-5-7-13(8-6-12)16(18)20-3/h5-8,10H,4,9H2,1-3H3. The summed E-state index contributed by atoms with van der Waals surface area (Å²) in [5, 5.41) is 0. The van der Waals surface area contributed by atoms with Gasteiger partial charge in [-0.2, -0.15) is 0 Å². The van der Waals surface area contributed by atoms with Gasteiger partial charge in [-0.1, -0.05) is 12.1 Å². The summed E-state index contributed by atoms with van der Waals surface area (Å²) >= 11 is 0. The van der Waals surface area contributed by atoms with Crippen molar-refractivity contribution in [2.75, 3.05) is 13.7 Å². The van der Waals surface area contributed by atoms with Crippen LogP contribution in [0.5, 0.6) is 0 Å². The van der Waals surface area contributed by atoms with Crippen LogP contribution in [0, 0.1) is 6.92 Å². The molecule has 0 unspecified atom stereocenters. The summed E-state index contributed by atoms with van der Waals surface area (Å²) in [5.41, 5.74) is 2.68. The fourth-order valence-electron chi connectivity index (χ4n) is 2.21. The number of methoxy groups -OCH3 is 1. The molecule has 1 aromatic carbocycles. The van der Waals surface area contributed by atoms with Crippen LogP contribution < -0.4 is 0 Å². The molecule has 1 heterocycles. The van der Waals surface area contributed by atoms with Crippen molar-refractivity contribution < 1.29 is 23.5 Å². The minimum absolute atomic E-state index is 0.316. The molecule has 1 aromatic heterocycles. The number of ether oxygens (including phenoxy) is 2. The van der Waals surface area contributed by atoms with E-state index in [0.717, 1.165) is 11.1 Å². The zero-order chi connectivity index (χ0) is 16.1. The quantitative estimate of drug-likeness (QED) is 0.794. The first kappa shape index (κ1) is 15.8. The van der Waals surface area contributed by atoms with E-state index in [1.54, 1.807) is 32.2 Å². The second-order valence-electron chi connectivity index (χ2n) is 4.78. The predicted molar refractivity (Wildman–Crippen MR) is 80.0 cm³/mol. The lowest BCUT2D eigenvalue weighted by atomic mass is 10.0. The van der Waals surface area contributed by atoms with Gasteiger partial charge in [0.15, 0.2) is 0 Å². The van der Waals surface area contributed by atoms with Crippen molar-refractivity contribution in [3.8, 4) is 0 Å². The molecule has 5 nitrogen and oxygen atoms in total. The van der Waals surface area contributed by atoms with Crippen LogP contribution in [0.25, 0.3) is 0 Å². The molecule has 0 aliphatic carbocycles. The number of esters is 2. The Kier molecular flexibility index (Phi) is 4.99. The number of aryl methyl sites for hydroxylation is 1. The second-order valence-corrected chi connectivity index (χ2v) is 4.78. The number of hydrogen-bond donors (Lipinski definition) is 0. The molecule has 0 radical (unpaired) electrons. The molecule has 0 atom stereocenters. The minimum atomic E-state index is -0.380. The average molecular weight is 302 g/mol. The Labute approximate surface area is 128 Å². The highest BCUT2D eigenvalue weighted by Crippen LogP contribution is 2.21. The summed E-state index contributed by atoms with van der Waals surface area (Å²) in [5.74, 6) is -0.215. The molecule has 0 saturated heterocycles. The highest BCUT2D eigenvalue weighted by Gasteiger charge is 2.19. The van der Waals surface area contributed by atoms with Crippen molar-refractivity contribution >= 4 is 11.9 Å². The van der Waals surface area contributed by atoms with Crippen LogP contribution >= 0.6 is 0 Å². The van der Waals surface area contributed by atoms with E-state index in [2.05, 4.69) is 4.74 Å². The Balaban J connectivity index is 2.21. The Bertz CT molecular complexity index is 667. The molecule has 0 aliphatic rings. The molecule has 2 aromatic rings. The summed E-state index contributed by atoms with van der Waals surface area (Å²) in [6.07, 6.45) is 2.09. The first-order valence-corrected chi connectivity index (χ1v) is 6.98. The van der Waals surface area contributed by atoms with Crippen molar-refractivity contribution in [3.05, 3.63) is 58.5 Å². The third kappa shape index (κ3) is 3.36. The summed E-state index contributed by atoms with van der Waals surface area (Å²) in [4.78, 5) is 23.4. The summed E-state index contributed by atoms with van der Waals surface area (Å²) in [7, 11) is 1.34. The van der Waals surface area contributed by atoms with Gasteiger partial charge >= 0.3 is 11.9 Å². The van der Waals surface area contributed by atoms with Gasteiger partial charge < -0.3 is 13.9 Å². The highest BCUT2D eigenvalue weighted by atomic mass is 16.5. The van der Waals surface area contributed by atoms with E-state index in [0.29, 0.717) is 29.9 Å². The second kappa shape index (κ2) is 6.93. The topological polar surface area (TPSA) is 65.7 Å². The van der Waals surface area contributed by atoms with Crippen LogP contribution in [0.15, 0.2) is 34.9 Å². The average Bonchev–Trinajstić information content (AvgIpc) is 2.88. The van der Waals surface area contributed by atoms with E-state index in [9.17, 15) is 9.59 Å². The molecule has 0 fully saturated rings. The number of benzene rings is 1. The molecule has 0 amide bonds. The van der Waals surface area contributed by atoms with Gasteiger partial charge in [-0.25, -0.2) is 9.59 Å². The monoisotopic (exact) mass is 302 g/mol. The molecule has 2 rings (SSSR count). The van der Waals surface area contributed by atoms with E-state index < -0.39 is 0 Å². The number of carbonyl (C=O) groups is 2. The molecule has 116 valence electrons. The SMILES string of the molecule is CCOC(=O)c1c(Cc2ccc(C(=O)OC)cc2)coc1C. The summed E-state index contributed by atoms with van der Waals surface area (Å²) < 4.78 is 15.1. The summed E-state index contributed by atoms with van der Waals surface area (Å²) in [6.45, 7) is 3.81. The van der Waals surface area contributed by atoms with Gasteiger partial charge in [0.1, 0.15) is 11.3 Å².